The predicted molar refractivity (Wildman–Crippen MR) is 48.1 cm³/mol. The molecule has 0 heterocycles. The van der Waals surface area contributed by atoms with Crippen LogP contribution in [0.1, 0.15) is 32.1 Å². The number of primary amides is 1. The van der Waals surface area contributed by atoms with E-state index in [1.165, 1.54) is 25.2 Å². The highest BCUT2D eigenvalue weighted by Gasteiger charge is 2.26. The number of amides is 1. The molecule has 4 N–H and O–H groups in total. The van der Waals surface area contributed by atoms with Gasteiger partial charge in [0.1, 0.15) is 0 Å². The van der Waals surface area contributed by atoms with Gasteiger partial charge in [-0.2, -0.15) is 0 Å². The molecule has 0 bridgehead atoms. The van der Waals surface area contributed by atoms with Crippen molar-refractivity contribution in [2.75, 3.05) is 6.54 Å². The second-order valence-electron chi connectivity index (χ2n) is 3.41. The molecule has 1 rings (SSSR count). The highest BCUT2D eigenvalue weighted by atomic mass is 16.1. The van der Waals surface area contributed by atoms with Crippen LogP contribution in [0.2, 0.25) is 0 Å². The average Bonchev–Trinajstić information content (AvgIpc) is 2.07. The first-order valence-corrected chi connectivity index (χ1v) is 4.59. The molecule has 1 amide bonds. The van der Waals surface area contributed by atoms with Crippen molar-refractivity contribution in [2.45, 2.75) is 32.1 Å². The van der Waals surface area contributed by atoms with Gasteiger partial charge < -0.3 is 11.5 Å². The number of carbonyl (C=O) groups is 1. The van der Waals surface area contributed by atoms with Crippen LogP contribution >= 0.6 is 0 Å². The maximum atomic E-state index is 11.0. The zero-order chi connectivity index (χ0) is 8.97. The van der Waals surface area contributed by atoms with E-state index in [2.05, 4.69) is 0 Å². The lowest BCUT2D eigenvalue weighted by atomic mass is 9.80. The molecule has 1 atom stereocenters. The Bertz CT molecular complexity index is 153. The van der Waals surface area contributed by atoms with E-state index in [9.17, 15) is 4.79 Å². The topological polar surface area (TPSA) is 69.1 Å². The molecule has 1 unspecified atom stereocenters. The summed E-state index contributed by atoms with van der Waals surface area (Å²) < 4.78 is 0. The summed E-state index contributed by atoms with van der Waals surface area (Å²) in [4.78, 5) is 11.0. The van der Waals surface area contributed by atoms with Gasteiger partial charge in [0.2, 0.25) is 5.91 Å². The Balaban J connectivity index is 2.46. The molecule has 0 aliphatic heterocycles. The summed E-state index contributed by atoms with van der Waals surface area (Å²) in [5.74, 6) is 0.857. The molecule has 0 saturated heterocycles. The minimum absolute atomic E-state index is 0.162. The van der Waals surface area contributed by atoms with Crippen molar-refractivity contribution < 1.29 is 4.79 Å². The zero-order valence-electron chi connectivity index (χ0n) is 7.38. The Morgan fingerprint density at radius 1 is 1.33 bits per heavy atom. The third kappa shape index (κ3) is 2.21. The van der Waals surface area contributed by atoms with Crippen LogP contribution in [-0.2, 0) is 4.79 Å². The summed E-state index contributed by atoms with van der Waals surface area (Å²) in [5.41, 5.74) is 10.7. The summed E-state index contributed by atoms with van der Waals surface area (Å²) >= 11 is 0. The fraction of sp³-hybridized carbons (Fsp3) is 0.778. The van der Waals surface area contributed by atoms with Gasteiger partial charge in [-0.3, -0.25) is 4.79 Å². The molecule has 3 nitrogen and oxygen atoms in total. The van der Waals surface area contributed by atoms with Crippen molar-refractivity contribution in [3.8, 4) is 0 Å². The summed E-state index contributed by atoms with van der Waals surface area (Å²) in [5, 5.41) is 0. The number of hydrogen-bond donors (Lipinski definition) is 2. The zero-order valence-corrected chi connectivity index (χ0v) is 7.38. The fourth-order valence-corrected chi connectivity index (χ4v) is 1.84. The summed E-state index contributed by atoms with van der Waals surface area (Å²) in [6, 6.07) is 0. The smallest absolute Gasteiger partial charge is 0.222 e. The van der Waals surface area contributed by atoms with Crippen molar-refractivity contribution in [1.82, 2.24) is 0 Å². The first-order valence-electron chi connectivity index (χ1n) is 4.59. The second kappa shape index (κ2) is 4.45. The molecule has 0 spiro atoms. The number of rotatable bonds is 3. The first kappa shape index (κ1) is 9.52. The molecule has 3 heteroatoms. The van der Waals surface area contributed by atoms with Crippen molar-refractivity contribution in [3.05, 3.63) is 5.92 Å². The molecule has 69 valence electrons. The summed E-state index contributed by atoms with van der Waals surface area (Å²) in [6.07, 6.45) is 5.76. The molecule has 1 saturated carbocycles. The third-order valence-electron chi connectivity index (χ3n) is 2.57. The highest BCUT2D eigenvalue weighted by Crippen LogP contribution is 2.31. The predicted octanol–water partition coefficient (Wildman–Crippen LogP) is 0.585. The SMILES string of the molecule is NCC([C]1CCCCC1)C(N)=O. The van der Waals surface area contributed by atoms with E-state index in [0.717, 1.165) is 12.8 Å². The van der Waals surface area contributed by atoms with E-state index in [1.54, 1.807) is 0 Å². The second-order valence-corrected chi connectivity index (χ2v) is 3.41. The minimum Gasteiger partial charge on any atom is -0.369 e. The average molecular weight is 169 g/mol. The minimum atomic E-state index is -0.255. The largest absolute Gasteiger partial charge is 0.369 e. The molecular formula is C9H17N2O. The molecule has 1 fully saturated rings. The molecule has 1 radical (unpaired) electrons. The lowest BCUT2D eigenvalue weighted by molar-refractivity contribution is -0.121. The van der Waals surface area contributed by atoms with Gasteiger partial charge in [-0.15, -0.1) is 0 Å². The molecule has 0 aromatic heterocycles. The van der Waals surface area contributed by atoms with Gasteiger partial charge in [0.15, 0.2) is 0 Å². The normalized spacial score (nSPS) is 22.1. The number of carbonyl (C=O) groups excluding carboxylic acids is 1. The Kier molecular flexibility index (Phi) is 3.53. The van der Waals surface area contributed by atoms with Crippen LogP contribution in [0.15, 0.2) is 0 Å². The van der Waals surface area contributed by atoms with Gasteiger partial charge in [-0.1, -0.05) is 19.3 Å². The molecular weight excluding hydrogens is 152 g/mol. The maximum Gasteiger partial charge on any atom is 0.222 e. The fourth-order valence-electron chi connectivity index (χ4n) is 1.84. The van der Waals surface area contributed by atoms with Crippen LogP contribution in [0.25, 0.3) is 0 Å². The van der Waals surface area contributed by atoms with Crippen LogP contribution in [0.3, 0.4) is 0 Å². The number of hydrogen-bond acceptors (Lipinski definition) is 2. The van der Waals surface area contributed by atoms with Gasteiger partial charge in [-0.05, 0) is 18.8 Å². The van der Waals surface area contributed by atoms with Crippen LogP contribution in [0.5, 0.6) is 0 Å². The van der Waals surface area contributed by atoms with Gasteiger partial charge in [0, 0.05) is 6.54 Å². The van der Waals surface area contributed by atoms with Crippen LogP contribution in [-0.4, -0.2) is 12.5 Å². The molecule has 0 aromatic carbocycles. The van der Waals surface area contributed by atoms with Crippen LogP contribution in [0.4, 0.5) is 0 Å². The van der Waals surface area contributed by atoms with Crippen molar-refractivity contribution >= 4 is 5.91 Å². The quantitative estimate of drug-likeness (QED) is 0.649. The standard InChI is InChI=1S/C9H17N2O/c10-6-8(9(11)12)7-4-2-1-3-5-7/h8H,1-6,10H2,(H2,11,12). The first-order chi connectivity index (χ1) is 5.75. The molecule has 0 aromatic rings. The van der Waals surface area contributed by atoms with E-state index in [4.69, 9.17) is 11.5 Å². The number of nitrogens with two attached hydrogens (primary N) is 2. The monoisotopic (exact) mass is 169 g/mol. The summed E-state index contributed by atoms with van der Waals surface area (Å²) in [6.45, 7) is 0.380. The van der Waals surface area contributed by atoms with Gasteiger partial charge in [-0.25, -0.2) is 0 Å². The Hall–Kier alpha value is -0.570. The lowest BCUT2D eigenvalue weighted by Gasteiger charge is -2.26. The van der Waals surface area contributed by atoms with E-state index in [1.807, 2.05) is 0 Å². The Morgan fingerprint density at radius 2 is 1.92 bits per heavy atom. The maximum absolute atomic E-state index is 11.0. The molecule has 12 heavy (non-hydrogen) atoms. The van der Waals surface area contributed by atoms with E-state index < -0.39 is 0 Å². The van der Waals surface area contributed by atoms with Crippen LogP contribution < -0.4 is 11.5 Å². The lowest BCUT2D eigenvalue weighted by Crippen LogP contribution is -2.35. The van der Waals surface area contributed by atoms with Gasteiger partial charge in [0.25, 0.3) is 0 Å². The van der Waals surface area contributed by atoms with E-state index in [-0.39, 0.29) is 11.8 Å². The van der Waals surface area contributed by atoms with Gasteiger partial charge in [0.05, 0.1) is 5.92 Å². The third-order valence-corrected chi connectivity index (χ3v) is 2.57. The van der Waals surface area contributed by atoms with Crippen LogP contribution in [0, 0.1) is 11.8 Å². The van der Waals surface area contributed by atoms with Crippen molar-refractivity contribution in [1.29, 1.82) is 0 Å². The Morgan fingerprint density at radius 3 is 2.33 bits per heavy atom. The van der Waals surface area contributed by atoms with Crippen molar-refractivity contribution in [2.24, 2.45) is 17.4 Å². The highest BCUT2D eigenvalue weighted by molar-refractivity contribution is 5.79. The molecule has 1 aliphatic rings. The van der Waals surface area contributed by atoms with Crippen molar-refractivity contribution in [3.63, 3.8) is 0 Å². The van der Waals surface area contributed by atoms with E-state index >= 15 is 0 Å². The Labute approximate surface area is 73.5 Å². The molecule has 1 aliphatic carbocycles. The van der Waals surface area contributed by atoms with E-state index in [0.29, 0.717) is 6.54 Å². The summed E-state index contributed by atoms with van der Waals surface area (Å²) in [7, 11) is 0. The van der Waals surface area contributed by atoms with Gasteiger partial charge >= 0.3 is 0 Å².